The van der Waals surface area contributed by atoms with E-state index in [4.69, 9.17) is 5.11 Å². The summed E-state index contributed by atoms with van der Waals surface area (Å²) in [5.74, 6) is -0.618. The normalized spacial score (nSPS) is 11.4. The number of carboxylic acids is 1. The van der Waals surface area contributed by atoms with Gasteiger partial charge in [-0.15, -0.1) is 11.8 Å². The zero-order chi connectivity index (χ0) is 12.3. The first-order valence-corrected chi connectivity index (χ1v) is 6.18. The van der Waals surface area contributed by atoms with Gasteiger partial charge < -0.3 is 10.2 Å². The molecule has 0 aromatic heterocycles. The zero-order valence-corrected chi connectivity index (χ0v) is 10.5. The topological polar surface area (TPSA) is 57.5 Å². The molecule has 2 N–H and O–H groups in total. The van der Waals surface area contributed by atoms with Gasteiger partial charge in [-0.2, -0.15) is 0 Å². The van der Waals surface area contributed by atoms with E-state index in [1.807, 2.05) is 18.4 Å². The van der Waals surface area contributed by atoms with E-state index in [1.54, 1.807) is 19.9 Å². The maximum atomic E-state index is 11.0. The third-order valence-electron chi connectivity index (χ3n) is 2.47. The van der Waals surface area contributed by atoms with Crippen molar-refractivity contribution >= 4 is 17.7 Å². The number of hydrogen-bond donors (Lipinski definition) is 2. The first-order chi connectivity index (χ1) is 7.36. The second-order valence-electron chi connectivity index (χ2n) is 4.37. The lowest BCUT2D eigenvalue weighted by Gasteiger charge is -2.19. The average Bonchev–Trinajstić information content (AvgIpc) is 2.17. The standard InChI is InChI=1S/C12H16O3S/c1-12(2,11(14)15)7-8-4-5-10(16-3)9(13)6-8/h4-6,13H,7H2,1-3H3,(H,14,15). The van der Waals surface area contributed by atoms with E-state index in [0.29, 0.717) is 6.42 Å². The molecule has 0 atom stereocenters. The highest BCUT2D eigenvalue weighted by molar-refractivity contribution is 7.98. The van der Waals surface area contributed by atoms with E-state index in [-0.39, 0.29) is 5.75 Å². The molecule has 1 aromatic rings. The summed E-state index contributed by atoms with van der Waals surface area (Å²) in [6, 6.07) is 5.31. The highest BCUT2D eigenvalue weighted by Crippen LogP contribution is 2.30. The lowest BCUT2D eigenvalue weighted by molar-refractivity contribution is -0.146. The van der Waals surface area contributed by atoms with Crippen LogP contribution in [0.4, 0.5) is 0 Å². The maximum absolute atomic E-state index is 11.0. The number of phenols is 1. The molecule has 0 spiro atoms. The first kappa shape index (κ1) is 12.9. The molecule has 0 aliphatic rings. The number of benzene rings is 1. The fourth-order valence-corrected chi connectivity index (χ4v) is 1.90. The summed E-state index contributed by atoms with van der Waals surface area (Å²) < 4.78 is 0. The number of hydrogen-bond acceptors (Lipinski definition) is 3. The largest absolute Gasteiger partial charge is 0.507 e. The summed E-state index contributed by atoms with van der Waals surface area (Å²) in [5.41, 5.74) is 0.0236. The number of thioether (sulfide) groups is 1. The predicted octanol–water partition coefficient (Wildman–Crippen LogP) is 2.77. The third kappa shape index (κ3) is 2.92. The minimum atomic E-state index is -0.832. The Bertz CT molecular complexity index is 399. The van der Waals surface area contributed by atoms with E-state index in [0.717, 1.165) is 10.5 Å². The van der Waals surface area contributed by atoms with Crippen LogP contribution < -0.4 is 0 Å². The molecule has 1 rings (SSSR count). The van der Waals surface area contributed by atoms with Gasteiger partial charge in [0.15, 0.2) is 0 Å². The molecule has 0 aliphatic carbocycles. The van der Waals surface area contributed by atoms with Crippen LogP contribution in [0.1, 0.15) is 19.4 Å². The Hall–Kier alpha value is -1.16. The van der Waals surface area contributed by atoms with Gasteiger partial charge in [-0.05, 0) is 44.2 Å². The van der Waals surface area contributed by atoms with Crippen molar-refractivity contribution < 1.29 is 15.0 Å². The van der Waals surface area contributed by atoms with Crippen LogP contribution in [-0.4, -0.2) is 22.4 Å². The molecule has 1 aromatic carbocycles. The smallest absolute Gasteiger partial charge is 0.309 e. The molecule has 0 heterocycles. The van der Waals surface area contributed by atoms with Crippen LogP contribution in [0.2, 0.25) is 0 Å². The van der Waals surface area contributed by atoms with E-state index in [9.17, 15) is 9.90 Å². The highest BCUT2D eigenvalue weighted by Gasteiger charge is 2.27. The van der Waals surface area contributed by atoms with Crippen LogP contribution in [-0.2, 0) is 11.2 Å². The molecule has 0 saturated carbocycles. The molecule has 0 fully saturated rings. The number of carbonyl (C=O) groups is 1. The maximum Gasteiger partial charge on any atom is 0.309 e. The molecular formula is C12H16O3S. The Balaban J connectivity index is 2.91. The van der Waals surface area contributed by atoms with Crippen LogP contribution in [0.3, 0.4) is 0 Å². The van der Waals surface area contributed by atoms with Gasteiger partial charge in [0.05, 0.1) is 5.41 Å². The quantitative estimate of drug-likeness (QED) is 0.794. The predicted molar refractivity (Wildman–Crippen MR) is 65.0 cm³/mol. The molecule has 0 unspecified atom stereocenters. The molecule has 0 bridgehead atoms. The molecule has 0 saturated heterocycles. The van der Waals surface area contributed by atoms with Gasteiger partial charge in [-0.25, -0.2) is 0 Å². The molecule has 4 heteroatoms. The van der Waals surface area contributed by atoms with Crippen molar-refractivity contribution in [3.8, 4) is 5.75 Å². The van der Waals surface area contributed by atoms with E-state index in [2.05, 4.69) is 0 Å². The lowest BCUT2D eigenvalue weighted by Crippen LogP contribution is -2.26. The summed E-state index contributed by atoms with van der Waals surface area (Å²) in [5, 5.41) is 18.7. The van der Waals surface area contributed by atoms with Crippen molar-refractivity contribution in [2.75, 3.05) is 6.26 Å². The van der Waals surface area contributed by atoms with Crippen molar-refractivity contribution in [3.63, 3.8) is 0 Å². The summed E-state index contributed by atoms with van der Waals surface area (Å²) in [6.45, 7) is 3.35. The van der Waals surface area contributed by atoms with Crippen molar-refractivity contribution in [1.29, 1.82) is 0 Å². The molecule has 88 valence electrons. The third-order valence-corrected chi connectivity index (χ3v) is 3.25. The van der Waals surface area contributed by atoms with Crippen molar-refractivity contribution in [1.82, 2.24) is 0 Å². The Labute approximate surface area is 99.5 Å². The van der Waals surface area contributed by atoms with E-state index in [1.165, 1.54) is 11.8 Å². The molecule has 0 radical (unpaired) electrons. The number of aromatic hydroxyl groups is 1. The molecular weight excluding hydrogens is 224 g/mol. The Morgan fingerprint density at radius 1 is 1.44 bits per heavy atom. The lowest BCUT2D eigenvalue weighted by atomic mass is 9.86. The average molecular weight is 240 g/mol. The van der Waals surface area contributed by atoms with Gasteiger partial charge in [0.2, 0.25) is 0 Å². The fourth-order valence-electron chi connectivity index (χ4n) is 1.43. The fraction of sp³-hybridized carbons (Fsp3) is 0.417. The van der Waals surface area contributed by atoms with Crippen molar-refractivity contribution in [2.45, 2.75) is 25.2 Å². The number of carboxylic acid groups (broad SMARTS) is 1. The van der Waals surface area contributed by atoms with Gasteiger partial charge in [-0.1, -0.05) is 6.07 Å². The summed E-state index contributed by atoms with van der Waals surface area (Å²) in [6.07, 6.45) is 2.29. The molecule has 16 heavy (non-hydrogen) atoms. The Morgan fingerprint density at radius 3 is 2.50 bits per heavy atom. The van der Waals surface area contributed by atoms with Crippen molar-refractivity contribution in [2.24, 2.45) is 5.41 Å². The van der Waals surface area contributed by atoms with Crippen LogP contribution in [0.5, 0.6) is 5.75 Å². The van der Waals surface area contributed by atoms with Crippen LogP contribution in [0.15, 0.2) is 23.1 Å². The van der Waals surface area contributed by atoms with Crippen LogP contribution in [0.25, 0.3) is 0 Å². The molecule has 3 nitrogen and oxygen atoms in total. The second kappa shape index (κ2) is 4.78. The Morgan fingerprint density at radius 2 is 2.06 bits per heavy atom. The van der Waals surface area contributed by atoms with Crippen molar-refractivity contribution in [3.05, 3.63) is 23.8 Å². The first-order valence-electron chi connectivity index (χ1n) is 4.96. The summed E-state index contributed by atoms with van der Waals surface area (Å²) in [7, 11) is 0. The molecule has 0 amide bonds. The summed E-state index contributed by atoms with van der Waals surface area (Å²) >= 11 is 1.46. The SMILES string of the molecule is CSc1ccc(CC(C)(C)C(=O)O)cc1O. The van der Waals surface area contributed by atoms with Gasteiger partial charge in [0.1, 0.15) is 5.75 Å². The summed E-state index contributed by atoms with van der Waals surface area (Å²) in [4.78, 5) is 11.8. The van der Waals surface area contributed by atoms with Crippen LogP contribution >= 0.6 is 11.8 Å². The van der Waals surface area contributed by atoms with Gasteiger partial charge in [0, 0.05) is 4.90 Å². The van der Waals surface area contributed by atoms with Crippen LogP contribution in [0, 0.1) is 5.41 Å². The van der Waals surface area contributed by atoms with Gasteiger partial charge in [0.25, 0.3) is 0 Å². The monoisotopic (exact) mass is 240 g/mol. The zero-order valence-electron chi connectivity index (χ0n) is 9.65. The molecule has 0 aliphatic heterocycles. The van der Waals surface area contributed by atoms with Gasteiger partial charge in [-0.3, -0.25) is 4.79 Å². The number of phenolic OH excluding ortho intramolecular Hbond substituents is 1. The Kier molecular flexibility index (Phi) is 3.86. The minimum Gasteiger partial charge on any atom is -0.507 e. The minimum absolute atomic E-state index is 0.214. The second-order valence-corrected chi connectivity index (χ2v) is 5.22. The van der Waals surface area contributed by atoms with E-state index >= 15 is 0 Å². The number of rotatable bonds is 4. The van der Waals surface area contributed by atoms with Gasteiger partial charge >= 0.3 is 5.97 Å². The van der Waals surface area contributed by atoms with E-state index < -0.39 is 11.4 Å². The number of aliphatic carboxylic acids is 1. The highest BCUT2D eigenvalue weighted by atomic mass is 32.2.